The Labute approximate surface area is 184 Å². The third-order valence-electron chi connectivity index (χ3n) is 4.60. The number of H-pyrrole nitrogens is 1. The molecule has 0 bridgehead atoms. The summed E-state index contributed by atoms with van der Waals surface area (Å²) in [5.74, 6) is 0.0543. The number of thioether (sulfide) groups is 1. The summed E-state index contributed by atoms with van der Waals surface area (Å²) in [5.41, 5.74) is 7.95. The molecule has 3 aromatic rings. The molecule has 4 N–H and O–H groups in total. The van der Waals surface area contributed by atoms with Crippen LogP contribution in [0, 0.1) is 0 Å². The van der Waals surface area contributed by atoms with Crippen molar-refractivity contribution in [3.05, 3.63) is 44.7 Å². The number of halogens is 1. The average molecular weight is 492 g/mol. The maximum absolute atomic E-state index is 12.5. The van der Waals surface area contributed by atoms with Gasteiger partial charge in [-0.2, -0.15) is 0 Å². The number of aromatic amines is 1. The van der Waals surface area contributed by atoms with Gasteiger partial charge in [0.1, 0.15) is 5.00 Å². The van der Waals surface area contributed by atoms with Crippen LogP contribution in [0.3, 0.4) is 0 Å². The molecule has 1 aromatic carbocycles. The van der Waals surface area contributed by atoms with Crippen molar-refractivity contribution in [3.8, 4) is 11.4 Å². The quantitative estimate of drug-likeness (QED) is 0.450. The molecular weight excluding hydrogens is 474 g/mol. The Kier molecular flexibility index (Phi) is 6.02. The first-order chi connectivity index (χ1) is 14.0. The zero-order chi connectivity index (χ0) is 20.4. The van der Waals surface area contributed by atoms with Crippen molar-refractivity contribution in [3.63, 3.8) is 0 Å². The molecule has 0 unspecified atom stereocenters. The number of thiophene rings is 1. The molecule has 1 aliphatic carbocycles. The van der Waals surface area contributed by atoms with Crippen LogP contribution in [-0.2, 0) is 17.6 Å². The lowest BCUT2D eigenvalue weighted by molar-refractivity contribution is -0.113. The van der Waals surface area contributed by atoms with Crippen molar-refractivity contribution in [2.75, 3.05) is 11.1 Å². The fourth-order valence-electron chi connectivity index (χ4n) is 3.29. The molecule has 0 radical (unpaired) electrons. The second-order valence-corrected chi connectivity index (χ2v) is 9.46. The van der Waals surface area contributed by atoms with Crippen LogP contribution in [0.25, 0.3) is 11.4 Å². The number of hydrogen-bond acceptors (Lipinski definition) is 6. The summed E-state index contributed by atoms with van der Waals surface area (Å²) >= 11 is 6.17. The van der Waals surface area contributed by atoms with Gasteiger partial charge in [0.25, 0.3) is 5.91 Å². The minimum Gasteiger partial charge on any atom is -0.365 e. The zero-order valence-electron chi connectivity index (χ0n) is 15.3. The number of aromatic nitrogens is 3. The van der Waals surface area contributed by atoms with E-state index in [1.54, 1.807) is 0 Å². The molecule has 0 saturated carbocycles. The van der Waals surface area contributed by atoms with Gasteiger partial charge in [0.2, 0.25) is 11.1 Å². The van der Waals surface area contributed by atoms with Crippen molar-refractivity contribution in [2.24, 2.45) is 5.73 Å². The Balaban J connectivity index is 1.42. The largest absolute Gasteiger partial charge is 0.365 e. The lowest BCUT2D eigenvalue weighted by Gasteiger charge is -2.11. The highest BCUT2D eigenvalue weighted by Gasteiger charge is 2.25. The lowest BCUT2D eigenvalue weighted by atomic mass is 9.95. The monoisotopic (exact) mass is 491 g/mol. The van der Waals surface area contributed by atoms with Crippen LogP contribution in [-0.4, -0.2) is 32.7 Å². The first-order valence-corrected chi connectivity index (χ1v) is 11.7. The van der Waals surface area contributed by atoms with Crippen LogP contribution in [0.1, 0.15) is 33.6 Å². The van der Waals surface area contributed by atoms with Crippen LogP contribution in [0.2, 0.25) is 0 Å². The molecule has 0 atom stereocenters. The summed E-state index contributed by atoms with van der Waals surface area (Å²) in [4.78, 5) is 30.0. The fourth-order valence-corrected chi connectivity index (χ4v) is 5.67. The van der Waals surface area contributed by atoms with Crippen LogP contribution < -0.4 is 11.1 Å². The number of aryl methyl sites for hydroxylation is 1. The van der Waals surface area contributed by atoms with Gasteiger partial charge in [-0.1, -0.05) is 45.9 Å². The number of nitrogens with two attached hydrogens (primary N) is 1. The van der Waals surface area contributed by atoms with E-state index >= 15 is 0 Å². The van der Waals surface area contributed by atoms with Gasteiger partial charge < -0.3 is 11.1 Å². The van der Waals surface area contributed by atoms with Crippen LogP contribution in [0.4, 0.5) is 5.00 Å². The molecular formula is C19H18BrN5O2S2. The maximum atomic E-state index is 12.5. The zero-order valence-corrected chi connectivity index (χ0v) is 18.5. The topological polar surface area (TPSA) is 114 Å². The summed E-state index contributed by atoms with van der Waals surface area (Å²) < 4.78 is 0.908. The third kappa shape index (κ3) is 4.39. The summed E-state index contributed by atoms with van der Waals surface area (Å²) in [5, 5.41) is 10.9. The third-order valence-corrected chi connectivity index (χ3v) is 7.34. The Bertz CT molecular complexity index is 1080. The number of anilines is 1. The van der Waals surface area contributed by atoms with E-state index in [9.17, 15) is 9.59 Å². The van der Waals surface area contributed by atoms with Crippen molar-refractivity contribution >= 4 is 55.8 Å². The maximum Gasteiger partial charge on any atom is 0.251 e. The molecule has 0 spiro atoms. The van der Waals surface area contributed by atoms with Gasteiger partial charge in [-0.15, -0.1) is 16.4 Å². The minimum atomic E-state index is -0.487. The van der Waals surface area contributed by atoms with E-state index < -0.39 is 5.91 Å². The molecule has 10 heteroatoms. The summed E-state index contributed by atoms with van der Waals surface area (Å²) in [6.07, 6.45) is 3.90. The van der Waals surface area contributed by atoms with E-state index in [0.29, 0.717) is 21.5 Å². The second kappa shape index (κ2) is 8.68. The fraction of sp³-hybridized carbons (Fsp3) is 0.263. The van der Waals surface area contributed by atoms with Crippen molar-refractivity contribution < 1.29 is 9.59 Å². The standard InChI is InChI=1S/C19H18BrN5O2S2/c20-12-7-3-1-5-10(12)17-23-19(25-24-17)28-9-14(26)22-18-15(16(21)27)11-6-2-4-8-13(11)29-18/h1,3,5,7H,2,4,6,8-9H2,(H2,21,27)(H,22,26)(H,23,24,25). The molecule has 4 rings (SSSR count). The molecule has 29 heavy (non-hydrogen) atoms. The Morgan fingerprint density at radius 1 is 1.28 bits per heavy atom. The van der Waals surface area contributed by atoms with E-state index in [1.165, 1.54) is 23.1 Å². The number of carbonyl (C=O) groups excluding carboxylic acids is 2. The number of benzene rings is 1. The van der Waals surface area contributed by atoms with Crippen molar-refractivity contribution in [2.45, 2.75) is 30.8 Å². The van der Waals surface area contributed by atoms with Gasteiger partial charge in [-0.3, -0.25) is 14.7 Å². The number of primary amides is 1. The predicted octanol–water partition coefficient (Wildman–Crippen LogP) is 4.00. The van der Waals surface area contributed by atoms with Crippen LogP contribution in [0.5, 0.6) is 0 Å². The molecule has 150 valence electrons. The van der Waals surface area contributed by atoms with Gasteiger partial charge in [-0.05, 0) is 37.3 Å². The molecule has 0 aliphatic heterocycles. The molecule has 1 aliphatic rings. The Morgan fingerprint density at radius 2 is 2.07 bits per heavy atom. The number of hydrogen-bond donors (Lipinski definition) is 3. The van der Waals surface area contributed by atoms with E-state index in [0.717, 1.165) is 46.2 Å². The van der Waals surface area contributed by atoms with Gasteiger partial charge in [0.15, 0.2) is 5.82 Å². The highest BCUT2D eigenvalue weighted by Crippen LogP contribution is 2.38. The molecule has 7 nitrogen and oxygen atoms in total. The van der Waals surface area contributed by atoms with Crippen molar-refractivity contribution in [1.82, 2.24) is 15.2 Å². The first-order valence-electron chi connectivity index (χ1n) is 9.07. The van der Waals surface area contributed by atoms with Gasteiger partial charge in [0, 0.05) is 14.9 Å². The molecule has 0 saturated heterocycles. The van der Waals surface area contributed by atoms with E-state index in [2.05, 4.69) is 36.4 Å². The average Bonchev–Trinajstić information content (AvgIpc) is 3.30. The number of amides is 2. The lowest BCUT2D eigenvalue weighted by Crippen LogP contribution is -2.19. The summed E-state index contributed by atoms with van der Waals surface area (Å²) in [7, 11) is 0. The number of nitrogens with one attached hydrogen (secondary N) is 2. The predicted molar refractivity (Wildman–Crippen MR) is 118 cm³/mol. The molecule has 2 amide bonds. The van der Waals surface area contributed by atoms with E-state index in [-0.39, 0.29) is 11.7 Å². The van der Waals surface area contributed by atoms with E-state index in [1.807, 2.05) is 24.3 Å². The molecule has 0 fully saturated rings. The van der Waals surface area contributed by atoms with Crippen molar-refractivity contribution in [1.29, 1.82) is 0 Å². The minimum absolute atomic E-state index is 0.133. The van der Waals surface area contributed by atoms with Crippen LogP contribution in [0.15, 0.2) is 33.9 Å². The second-order valence-electron chi connectivity index (χ2n) is 6.56. The number of rotatable bonds is 6. The molecule has 2 heterocycles. The number of nitrogens with zero attached hydrogens (tertiary/aromatic N) is 2. The molecule has 2 aromatic heterocycles. The van der Waals surface area contributed by atoms with Gasteiger partial charge >= 0.3 is 0 Å². The number of fused-ring (bicyclic) bond motifs is 1. The summed E-state index contributed by atoms with van der Waals surface area (Å²) in [6, 6.07) is 7.69. The first kappa shape index (κ1) is 20.1. The Hall–Kier alpha value is -2.17. The highest BCUT2D eigenvalue weighted by molar-refractivity contribution is 9.10. The summed E-state index contributed by atoms with van der Waals surface area (Å²) in [6.45, 7) is 0. The van der Waals surface area contributed by atoms with E-state index in [4.69, 9.17) is 5.73 Å². The smallest absolute Gasteiger partial charge is 0.251 e. The number of carbonyl (C=O) groups is 2. The highest BCUT2D eigenvalue weighted by atomic mass is 79.9. The van der Waals surface area contributed by atoms with Gasteiger partial charge in [-0.25, -0.2) is 4.98 Å². The Morgan fingerprint density at radius 3 is 2.86 bits per heavy atom. The normalized spacial score (nSPS) is 13.1. The SMILES string of the molecule is NC(=O)c1c(NC(=O)CSc2n[nH]c(-c3ccccc3Br)n2)sc2c1CCCC2. The van der Waals surface area contributed by atoms with Gasteiger partial charge in [0.05, 0.1) is 11.3 Å². The van der Waals surface area contributed by atoms with Crippen LogP contribution >= 0.6 is 39.0 Å².